The Balaban J connectivity index is 1.19. The van der Waals surface area contributed by atoms with Crippen molar-refractivity contribution in [3.8, 4) is 0 Å². The van der Waals surface area contributed by atoms with Gasteiger partial charge in [0.25, 0.3) is 5.91 Å². The van der Waals surface area contributed by atoms with E-state index in [1.807, 2.05) is 24.3 Å². The van der Waals surface area contributed by atoms with Crippen molar-refractivity contribution in [2.75, 3.05) is 31.5 Å². The molecule has 1 atom stereocenters. The number of piperidine rings is 3. The maximum atomic E-state index is 13.7. The van der Waals surface area contributed by atoms with Gasteiger partial charge in [-0.2, -0.15) is 0 Å². The molecule has 0 spiro atoms. The van der Waals surface area contributed by atoms with Crippen molar-refractivity contribution in [2.24, 2.45) is 5.92 Å². The van der Waals surface area contributed by atoms with E-state index in [0.717, 1.165) is 43.5 Å². The average Bonchev–Trinajstić information content (AvgIpc) is 2.88. The number of esters is 1. The first-order valence-corrected chi connectivity index (χ1v) is 12.4. The van der Waals surface area contributed by atoms with Crippen LogP contribution in [0.2, 0.25) is 0 Å². The quantitative estimate of drug-likeness (QED) is 0.458. The Kier molecular flexibility index (Phi) is 5.57. The van der Waals surface area contributed by atoms with Crippen molar-refractivity contribution >= 4 is 17.7 Å². The fourth-order valence-corrected chi connectivity index (χ4v) is 6.22. The maximum Gasteiger partial charge on any atom is 0.318 e. The largest absolute Gasteiger partial charge is 0.455 e. The zero-order valence-electron chi connectivity index (χ0n) is 19.6. The summed E-state index contributed by atoms with van der Waals surface area (Å²) in [5.74, 6) is 0.160. The summed E-state index contributed by atoms with van der Waals surface area (Å²) in [6.45, 7) is 2.90. The van der Waals surface area contributed by atoms with E-state index < -0.39 is 5.92 Å². The number of carbonyl (C=O) groups is 2. The van der Waals surface area contributed by atoms with Crippen LogP contribution in [0.1, 0.15) is 41.0 Å². The number of fused-ring (bicyclic) bond motifs is 5. The van der Waals surface area contributed by atoms with E-state index in [-0.39, 0.29) is 18.0 Å². The molecule has 1 aliphatic carbocycles. The van der Waals surface area contributed by atoms with Gasteiger partial charge in [-0.25, -0.2) is 4.98 Å². The monoisotopic (exact) mass is 469 g/mol. The van der Waals surface area contributed by atoms with Gasteiger partial charge < -0.3 is 14.5 Å². The fourth-order valence-electron chi connectivity index (χ4n) is 6.22. The second-order valence-corrected chi connectivity index (χ2v) is 10.1. The summed E-state index contributed by atoms with van der Waals surface area (Å²) in [5, 5.41) is 2.86. The van der Waals surface area contributed by atoms with Gasteiger partial charge in [0.15, 0.2) is 18.5 Å². The van der Waals surface area contributed by atoms with Crippen LogP contribution in [-0.4, -0.2) is 58.6 Å². The zero-order chi connectivity index (χ0) is 23.8. The Morgan fingerprint density at radius 2 is 1.66 bits per heavy atom. The van der Waals surface area contributed by atoms with Crippen molar-refractivity contribution in [1.82, 2.24) is 9.97 Å². The molecule has 7 nitrogen and oxygen atoms in total. The average molecular weight is 470 g/mol. The van der Waals surface area contributed by atoms with Crippen molar-refractivity contribution in [1.29, 1.82) is 0 Å². The molecule has 1 amide bonds. The topological polar surface area (TPSA) is 81.2 Å². The van der Waals surface area contributed by atoms with Crippen LogP contribution in [0.3, 0.4) is 0 Å². The predicted molar refractivity (Wildman–Crippen MR) is 131 cm³/mol. The zero-order valence-corrected chi connectivity index (χ0v) is 19.6. The molecule has 1 unspecified atom stereocenters. The minimum atomic E-state index is -0.403. The lowest BCUT2D eigenvalue weighted by molar-refractivity contribution is -0.938. The lowest BCUT2D eigenvalue weighted by Crippen LogP contribution is -2.66. The number of rotatable bonds is 5. The highest BCUT2D eigenvalue weighted by molar-refractivity contribution is 5.90. The van der Waals surface area contributed by atoms with Crippen LogP contribution < -0.4 is 5.32 Å². The van der Waals surface area contributed by atoms with Crippen molar-refractivity contribution < 1.29 is 18.8 Å². The summed E-state index contributed by atoms with van der Waals surface area (Å²) in [7, 11) is 0. The second kappa shape index (κ2) is 8.89. The standard InChI is InChI=1S/C28H28N4O3/c33-26(31-25-16-29-11-12-30-25)18-32-13-9-19(10-14-32)24(17-32)35-28(34)27-22-7-3-1-5-20(22)15-21-6-2-4-8-23(21)27/h1-8,11-12,16,19,24,27H,9-10,13-15,17-18H2/p+1. The molecule has 7 rings (SSSR count). The normalized spacial score (nSPS) is 24.8. The van der Waals surface area contributed by atoms with Crippen molar-refractivity contribution in [2.45, 2.75) is 31.3 Å². The Labute approximate surface area is 204 Å². The van der Waals surface area contributed by atoms with Gasteiger partial charge in [-0.3, -0.25) is 14.6 Å². The van der Waals surface area contributed by atoms with E-state index in [1.165, 1.54) is 11.1 Å². The first-order valence-electron chi connectivity index (χ1n) is 12.4. The highest BCUT2D eigenvalue weighted by Crippen LogP contribution is 2.40. The van der Waals surface area contributed by atoms with E-state index in [2.05, 4.69) is 39.6 Å². The van der Waals surface area contributed by atoms with Crippen LogP contribution in [-0.2, 0) is 20.7 Å². The highest BCUT2D eigenvalue weighted by atomic mass is 16.5. The summed E-state index contributed by atoms with van der Waals surface area (Å²) >= 11 is 0. The maximum absolute atomic E-state index is 13.7. The summed E-state index contributed by atoms with van der Waals surface area (Å²) < 4.78 is 6.95. The molecule has 2 aromatic carbocycles. The van der Waals surface area contributed by atoms with E-state index in [0.29, 0.717) is 29.3 Å². The number of hydrogen-bond donors (Lipinski definition) is 1. The third kappa shape index (κ3) is 4.21. The first-order chi connectivity index (χ1) is 17.1. The van der Waals surface area contributed by atoms with Gasteiger partial charge in [-0.15, -0.1) is 0 Å². The summed E-state index contributed by atoms with van der Waals surface area (Å²) in [6.07, 6.45) is 7.28. The summed E-state index contributed by atoms with van der Waals surface area (Å²) in [4.78, 5) is 34.7. The Morgan fingerprint density at radius 1 is 0.971 bits per heavy atom. The number of hydrogen-bond acceptors (Lipinski definition) is 5. The minimum absolute atomic E-state index is 0.0777. The molecule has 1 N–H and O–H groups in total. The van der Waals surface area contributed by atoms with Crippen LogP contribution >= 0.6 is 0 Å². The fraction of sp³-hybridized carbons (Fsp3) is 0.357. The minimum Gasteiger partial charge on any atom is -0.455 e. The number of benzene rings is 2. The van der Waals surface area contributed by atoms with E-state index in [9.17, 15) is 9.59 Å². The molecule has 3 aromatic rings. The molecule has 1 aromatic heterocycles. The molecule has 0 radical (unpaired) electrons. The number of quaternary nitrogens is 1. The molecule has 35 heavy (non-hydrogen) atoms. The molecule has 3 saturated heterocycles. The van der Waals surface area contributed by atoms with Gasteiger partial charge in [0.2, 0.25) is 0 Å². The predicted octanol–water partition coefficient (Wildman–Crippen LogP) is 3.30. The number of ether oxygens (including phenoxy) is 1. The van der Waals surface area contributed by atoms with Gasteiger partial charge >= 0.3 is 5.97 Å². The van der Waals surface area contributed by atoms with Gasteiger partial charge in [0, 0.05) is 31.2 Å². The lowest BCUT2D eigenvalue weighted by Gasteiger charge is -2.51. The molecule has 7 heteroatoms. The van der Waals surface area contributed by atoms with E-state index in [1.54, 1.807) is 18.6 Å². The van der Waals surface area contributed by atoms with Crippen molar-refractivity contribution in [3.05, 3.63) is 89.4 Å². The molecule has 4 heterocycles. The Morgan fingerprint density at radius 3 is 2.31 bits per heavy atom. The first kappa shape index (κ1) is 21.9. The molecular weight excluding hydrogens is 440 g/mol. The van der Waals surface area contributed by atoms with E-state index in [4.69, 9.17) is 4.74 Å². The highest BCUT2D eigenvalue weighted by Gasteiger charge is 2.49. The lowest BCUT2D eigenvalue weighted by atomic mass is 9.78. The van der Waals surface area contributed by atoms with Crippen LogP contribution in [0.15, 0.2) is 67.1 Å². The van der Waals surface area contributed by atoms with Crippen LogP contribution in [0.5, 0.6) is 0 Å². The van der Waals surface area contributed by atoms with Crippen molar-refractivity contribution in [3.63, 3.8) is 0 Å². The molecule has 4 aliphatic rings. The summed E-state index contributed by atoms with van der Waals surface area (Å²) in [5.41, 5.74) is 4.46. The number of carbonyl (C=O) groups excluding carboxylic acids is 2. The number of aromatic nitrogens is 2. The van der Waals surface area contributed by atoms with Crippen LogP contribution in [0.4, 0.5) is 5.82 Å². The smallest absolute Gasteiger partial charge is 0.318 e. The van der Waals surface area contributed by atoms with Gasteiger partial charge in [-0.05, 0) is 28.7 Å². The number of amides is 1. The van der Waals surface area contributed by atoms with E-state index >= 15 is 0 Å². The molecule has 178 valence electrons. The van der Waals surface area contributed by atoms with Gasteiger partial charge in [0.1, 0.15) is 12.5 Å². The Bertz CT molecular complexity index is 1210. The molecule has 3 fully saturated rings. The molecular formula is C28H29N4O3+. The summed E-state index contributed by atoms with van der Waals surface area (Å²) in [6, 6.07) is 16.4. The van der Waals surface area contributed by atoms with Crippen LogP contribution in [0, 0.1) is 5.92 Å². The third-order valence-electron chi connectivity index (χ3n) is 7.97. The third-order valence-corrected chi connectivity index (χ3v) is 7.97. The SMILES string of the molecule is O=C(C[N+]12CCC(CC1)C(OC(=O)C1c3ccccc3Cc3ccccc31)C2)Nc1cnccn1. The molecule has 0 saturated carbocycles. The number of anilines is 1. The second-order valence-electron chi connectivity index (χ2n) is 10.1. The number of nitrogens with zero attached hydrogens (tertiary/aromatic N) is 3. The molecule has 3 aliphatic heterocycles. The Hall–Kier alpha value is -3.58. The van der Waals surface area contributed by atoms with Crippen LogP contribution in [0.25, 0.3) is 0 Å². The van der Waals surface area contributed by atoms with Gasteiger partial charge in [0.05, 0.1) is 19.3 Å². The molecule has 2 bridgehead atoms. The van der Waals surface area contributed by atoms with Gasteiger partial charge in [-0.1, -0.05) is 48.5 Å². The number of nitrogens with one attached hydrogen (secondary N) is 1.